The van der Waals surface area contributed by atoms with E-state index >= 15 is 0 Å². The number of nitrogens with two attached hydrogens (primary N) is 1. The average Bonchev–Trinajstić information content (AvgIpc) is 2.62. The summed E-state index contributed by atoms with van der Waals surface area (Å²) < 4.78 is 5.53. The van der Waals surface area contributed by atoms with E-state index in [4.69, 9.17) is 10.5 Å². The molecular formula is C20H29N3O3. The molecular weight excluding hydrogens is 330 g/mol. The fraction of sp³-hybridized carbons (Fsp3) is 0.600. The molecule has 2 aliphatic carbocycles. The first kappa shape index (κ1) is 18.7. The summed E-state index contributed by atoms with van der Waals surface area (Å²) in [5, 5.41) is 5.58. The van der Waals surface area contributed by atoms with Gasteiger partial charge in [0.1, 0.15) is 5.75 Å². The van der Waals surface area contributed by atoms with Gasteiger partial charge < -0.3 is 21.1 Å². The number of amides is 2. The molecule has 0 aliphatic heterocycles. The summed E-state index contributed by atoms with van der Waals surface area (Å²) in [6.45, 7) is 0.330. The van der Waals surface area contributed by atoms with Gasteiger partial charge >= 0.3 is 0 Å². The van der Waals surface area contributed by atoms with Crippen molar-refractivity contribution in [1.82, 2.24) is 5.32 Å². The quantitative estimate of drug-likeness (QED) is 0.726. The average molecular weight is 359 g/mol. The van der Waals surface area contributed by atoms with Crippen molar-refractivity contribution in [1.29, 1.82) is 0 Å². The first-order valence-corrected chi connectivity index (χ1v) is 9.56. The fourth-order valence-corrected chi connectivity index (χ4v) is 4.27. The Morgan fingerprint density at radius 2 is 1.81 bits per heavy atom. The standard InChI is InChI=1S/C20H29N3O3/c1-22-18(24)9-10-26-17-7-5-16(6-8-17)23-20(25)15-11-13-3-2-4-14(12-15)19(13)21/h5-8,13-15,19H,2-4,9-12,21H2,1H3,(H,22,24)(H,23,25). The minimum atomic E-state index is -0.0501. The van der Waals surface area contributed by atoms with Crippen LogP contribution in [-0.4, -0.2) is 31.5 Å². The lowest BCUT2D eigenvalue weighted by atomic mass is 9.65. The molecule has 2 atom stereocenters. The van der Waals surface area contributed by atoms with E-state index in [2.05, 4.69) is 10.6 Å². The molecule has 2 aliphatic rings. The highest BCUT2D eigenvalue weighted by atomic mass is 16.5. The van der Waals surface area contributed by atoms with E-state index in [9.17, 15) is 9.59 Å². The molecule has 2 bridgehead atoms. The zero-order chi connectivity index (χ0) is 18.5. The van der Waals surface area contributed by atoms with Crippen LogP contribution >= 0.6 is 0 Å². The zero-order valence-electron chi connectivity index (χ0n) is 15.4. The summed E-state index contributed by atoms with van der Waals surface area (Å²) in [7, 11) is 1.60. The monoisotopic (exact) mass is 359 g/mol. The number of hydrogen-bond acceptors (Lipinski definition) is 4. The van der Waals surface area contributed by atoms with Gasteiger partial charge in [-0.3, -0.25) is 9.59 Å². The van der Waals surface area contributed by atoms with Crippen LogP contribution < -0.4 is 21.1 Å². The van der Waals surface area contributed by atoms with Crippen LogP contribution in [0, 0.1) is 17.8 Å². The van der Waals surface area contributed by atoms with Gasteiger partial charge in [0.2, 0.25) is 11.8 Å². The summed E-state index contributed by atoms with van der Waals surface area (Å²) in [5.41, 5.74) is 7.08. The van der Waals surface area contributed by atoms with Crippen LogP contribution in [0.4, 0.5) is 5.69 Å². The van der Waals surface area contributed by atoms with Crippen molar-refractivity contribution in [3.05, 3.63) is 24.3 Å². The number of carbonyl (C=O) groups is 2. The van der Waals surface area contributed by atoms with E-state index in [-0.39, 0.29) is 23.8 Å². The molecule has 0 heterocycles. The molecule has 2 saturated carbocycles. The molecule has 6 heteroatoms. The number of benzene rings is 1. The van der Waals surface area contributed by atoms with Crippen molar-refractivity contribution < 1.29 is 14.3 Å². The third-order valence-electron chi connectivity index (χ3n) is 5.78. The maximum absolute atomic E-state index is 12.6. The van der Waals surface area contributed by atoms with Crippen molar-refractivity contribution in [3.8, 4) is 5.75 Å². The van der Waals surface area contributed by atoms with E-state index in [0.717, 1.165) is 31.4 Å². The highest BCUT2D eigenvalue weighted by molar-refractivity contribution is 5.92. The van der Waals surface area contributed by atoms with Gasteiger partial charge in [0.15, 0.2) is 0 Å². The van der Waals surface area contributed by atoms with Crippen LogP contribution in [0.2, 0.25) is 0 Å². The number of anilines is 1. The van der Waals surface area contributed by atoms with Crippen LogP contribution in [0.3, 0.4) is 0 Å². The molecule has 3 rings (SSSR count). The maximum atomic E-state index is 12.6. The van der Waals surface area contributed by atoms with Gasteiger partial charge in [-0.1, -0.05) is 6.42 Å². The molecule has 0 spiro atoms. The fourth-order valence-electron chi connectivity index (χ4n) is 4.27. The van der Waals surface area contributed by atoms with Gasteiger partial charge in [-0.2, -0.15) is 0 Å². The lowest BCUT2D eigenvalue weighted by Gasteiger charge is -2.43. The minimum Gasteiger partial charge on any atom is -0.493 e. The van der Waals surface area contributed by atoms with Crippen LogP contribution in [-0.2, 0) is 9.59 Å². The van der Waals surface area contributed by atoms with E-state index in [1.165, 1.54) is 6.42 Å². The van der Waals surface area contributed by atoms with Crippen LogP contribution in [0.25, 0.3) is 0 Å². The molecule has 2 unspecified atom stereocenters. The molecule has 2 amide bonds. The molecule has 26 heavy (non-hydrogen) atoms. The van der Waals surface area contributed by atoms with E-state index in [1.807, 2.05) is 24.3 Å². The van der Waals surface area contributed by atoms with Crippen molar-refractivity contribution in [2.45, 2.75) is 44.6 Å². The van der Waals surface area contributed by atoms with Crippen molar-refractivity contribution >= 4 is 17.5 Å². The molecule has 0 radical (unpaired) electrons. The van der Waals surface area contributed by atoms with E-state index in [1.54, 1.807) is 7.05 Å². The van der Waals surface area contributed by atoms with E-state index < -0.39 is 0 Å². The lowest BCUT2D eigenvalue weighted by molar-refractivity contribution is -0.123. The Hall–Kier alpha value is -2.08. The van der Waals surface area contributed by atoms with Gasteiger partial charge in [0.05, 0.1) is 13.0 Å². The van der Waals surface area contributed by atoms with Crippen LogP contribution in [0.1, 0.15) is 38.5 Å². The predicted octanol–water partition coefficient (Wildman–Crippen LogP) is 2.29. The molecule has 1 aromatic rings. The predicted molar refractivity (Wildman–Crippen MR) is 101 cm³/mol. The number of rotatable bonds is 6. The van der Waals surface area contributed by atoms with Gasteiger partial charge in [-0.05, 0) is 61.8 Å². The molecule has 2 fully saturated rings. The van der Waals surface area contributed by atoms with Crippen molar-refractivity contribution in [2.24, 2.45) is 23.5 Å². The van der Waals surface area contributed by atoms with E-state index in [0.29, 0.717) is 30.6 Å². The molecule has 4 N–H and O–H groups in total. The lowest BCUT2D eigenvalue weighted by Crippen LogP contribution is -2.48. The summed E-state index contributed by atoms with van der Waals surface area (Å²) in [6, 6.07) is 7.57. The second-order valence-electron chi connectivity index (χ2n) is 7.48. The van der Waals surface area contributed by atoms with Gasteiger partial charge in [-0.15, -0.1) is 0 Å². The third kappa shape index (κ3) is 4.55. The SMILES string of the molecule is CNC(=O)CCOc1ccc(NC(=O)C2CC3CCCC(C2)C3N)cc1. The largest absolute Gasteiger partial charge is 0.493 e. The topological polar surface area (TPSA) is 93.5 Å². The number of fused-ring (bicyclic) bond motifs is 2. The van der Waals surface area contributed by atoms with Gasteiger partial charge in [0, 0.05) is 24.7 Å². The summed E-state index contributed by atoms with van der Waals surface area (Å²) in [4.78, 5) is 23.8. The van der Waals surface area contributed by atoms with Crippen LogP contribution in [0.15, 0.2) is 24.3 Å². The van der Waals surface area contributed by atoms with Gasteiger partial charge in [0.25, 0.3) is 0 Å². The second kappa shape index (κ2) is 8.54. The Morgan fingerprint density at radius 3 is 2.42 bits per heavy atom. The molecule has 0 saturated heterocycles. The molecule has 0 aromatic heterocycles. The smallest absolute Gasteiger partial charge is 0.227 e. The second-order valence-corrected chi connectivity index (χ2v) is 7.48. The first-order valence-electron chi connectivity index (χ1n) is 9.56. The van der Waals surface area contributed by atoms with Crippen molar-refractivity contribution in [2.75, 3.05) is 19.0 Å². The van der Waals surface area contributed by atoms with Crippen molar-refractivity contribution in [3.63, 3.8) is 0 Å². The third-order valence-corrected chi connectivity index (χ3v) is 5.78. The molecule has 6 nitrogen and oxygen atoms in total. The normalized spacial score (nSPS) is 27.5. The maximum Gasteiger partial charge on any atom is 0.227 e. The summed E-state index contributed by atoms with van der Waals surface area (Å²) in [5.74, 6) is 1.79. The molecule has 1 aromatic carbocycles. The Labute approximate surface area is 154 Å². The summed E-state index contributed by atoms with van der Waals surface area (Å²) in [6.07, 6.45) is 5.70. The number of ether oxygens (including phenoxy) is 1. The first-order chi connectivity index (χ1) is 12.6. The highest BCUT2D eigenvalue weighted by Gasteiger charge is 2.40. The Morgan fingerprint density at radius 1 is 1.15 bits per heavy atom. The van der Waals surface area contributed by atoms with Crippen LogP contribution in [0.5, 0.6) is 5.75 Å². The number of carbonyl (C=O) groups excluding carboxylic acids is 2. The summed E-state index contributed by atoms with van der Waals surface area (Å²) >= 11 is 0. The number of hydrogen-bond donors (Lipinski definition) is 3. The zero-order valence-corrected chi connectivity index (χ0v) is 15.4. The Bertz CT molecular complexity index is 618. The highest BCUT2D eigenvalue weighted by Crippen LogP contribution is 2.42. The Kier molecular flexibility index (Phi) is 6.14. The molecule has 142 valence electrons. The Balaban J connectivity index is 1.49. The number of nitrogens with one attached hydrogen (secondary N) is 2. The van der Waals surface area contributed by atoms with Gasteiger partial charge in [-0.25, -0.2) is 0 Å². The minimum absolute atomic E-state index is 0.0501.